The van der Waals surface area contributed by atoms with Crippen molar-refractivity contribution in [3.63, 3.8) is 0 Å². The number of benzene rings is 3. The number of amides is 1. The molecule has 1 aliphatic heterocycles. The third kappa shape index (κ3) is 6.19. The summed E-state index contributed by atoms with van der Waals surface area (Å²) in [6.07, 6.45) is 1.81. The van der Waals surface area contributed by atoms with Gasteiger partial charge in [0.05, 0.1) is 21.7 Å². The maximum absolute atomic E-state index is 12.5. The van der Waals surface area contributed by atoms with Gasteiger partial charge in [0, 0.05) is 5.02 Å². The monoisotopic (exact) mass is 542 g/mol. The number of nitrogens with one attached hydrogen (secondary N) is 1. The molecule has 1 N–H and O–H groups in total. The van der Waals surface area contributed by atoms with Crippen LogP contribution in [0.5, 0.6) is 11.5 Å². The molecule has 1 saturated heterocycles. The van der Waals surface area contributed by atoms with E-state index in [1.165, 1.54) is 11.8 Å². The zero-order valence-corrected chi connectivity index (χ0v) is 20.8. The molecule has 1 aliphatic rings. The zero-order chi connectivity index (χ0) is 23.2. The Kier molecular flexibility index (Phi) is 7.75. The van der Waals surface area contributed by atoms with E-state index in [0.717, 1.165) is 21.3 Å². The molecule has 0 aromatic heterocycles. The van der Waals surface area contributed by atoms with Crippen LogP contribution in [0.3, 0.4) is 0 Å². The highest BCUT2D eigenvalue weighted by Crippen LogP contribution is 2.39. The molecule has 0 saturated carbocycles. The van der Waals surface area contributed by atoms with Gasteiger partial charge < -0.3 is 14.8 Å². The number of halogens is 2. The standard InChI is InChI=1S/C25H20BrClN2O3S/c1-2-31-21-13-17(12-20(26)23(21)32-15-16-8-10-18(27)11-9-16)14-22-24(30)29-25(33-22)28-19-6-4-3-5-7-19/h3-14H,2,15H2,1H3,(H,28,29,30)/b22-14-. The quantitative estimate of drug-likeness (QED) is 0.327. The Morgan fingerprint density at radius 2 is 1.85 bits per heavy atom. The van der Waals surface area contributed by atoms with Gasteiger partial charge in [-0.05, 0) is 88.2 Å². The number of ether oxygens (including phenoxy) is 2. The molecule has 1 heterocycles. The molecule has 5 nitrogen and oxygen atoms in total. The van der Waals surface area contributed by atoms with Crippen LogP contribution in [0.4, 0.5) is 5.69 Å². The van der Waals surface area contributed by atoms with Crippen LogP contribution >= 0.6 is 39.3 Å². The minimum Gasteiger partial charge on any atom is -0.490 e. The lowest BCUT2D eigenvalue weighted by Crippen LogP contribution is -2.19. The maximum atomic E-state index is 12.5. The molecule has 0 atom stereocenters. The lowest BCUT2D eigenvalue weighted by molar-refractivity contribution is -0.115. The summed E-state index contributed by atoms with van der Waals surface area (Å²) in [5.41, 5.74) is 2.58. The summed E-state index contributed by atoms with van der Waals surface area (Å²) >= 11 is 10.8. The Bertz CT molecular complexity index is 1210. The lowest BCUT2D eigenvalue weighted by Gasteiger charge is -2.15. The smallest absolute Gasteiger partial charge is 0.264 e. The first-order valence-corrected chi connectivity index (χ1v) is 12.2. The van der Waals surface area contributed by atoms with Gasteiger partial charge in [-0.1, -0.05) is 41.9 Å². The number of hydrogen-bond acceptors (Lipinski definition) is 5. The van der Waals surface area contributed by atoms with Gasteiger partial charge >= 0.3 is 0 Å². The Labute approximate surface area is 210 Å². The molecule has 8 heteroatoms. The van der Waals surface area contributed by atoms with Gasteiger partial charge in [-0.15, -0.1) is 0 Å². The molecular formula is C25H20BrClN2O3S. The summed E-state index contributed by atoms with van der Waals surface area (Å²) in [6, 6.07) is 20.7. The van der Waals surface area contributed by atoms with Gasteiger partial charge in [-0.25, -0.2) is 4.99 Å². The molecular weight excluding hydrogens is 524 g/mol. The predicted molar refractivity (Wildman–Crippen MR) is 138 cm³/mol. The normalized spacial score (nSPS) is 15.7. The van der Waals surface area contributed by atoms with Crippen molar-refractivity contribution in [3.05, 3.63) is 92.3 Å². The minimum atomic E-state index is -0.188. The highest BCUT2D eigenvalue weighted by Gasteiger charge is 2.24. The third-order valence-corrected chi connectivity index (χ3v) is 6.31. The van der Waals surface area contributed by atoms with E-state index >= 15 is 0 Å². The van der Waals surface area contributed by atoms with Crippen molar-refractivity contribution in [3.8, 4) is 11.5 Å². The number of aliphatic imine (C=N–C) groups is 1. The number of hydrogen-bond donors (Lipinski definition) is 1. The van der Waals surface area contributed by atoms with E-state index < -0.39 is 0 Å². The summed E-state index contributed by atoms with van der Waals surface area (Å²) in [7, 11) is 0. The molecule has 1 amide bonds. The van der Waals surface area contributed by atoms with Gasteiger partial charge in [-0.3, -0.25) is 4.79 Å². The van der Waals surface area contributed by atoms with E-state index in [4.69, 9.17) is 21.1 Å². The number of rotatable bonds is 7. The van der Waals surface area contributed by atoms with Crippen LogP contribution in [0, 0.1) is 0 Å². The summed E-state index contributed by atoms with van der Waals surface area (Å²) in [4.78, 5) is 17.5. The van der Waals surface area contributed by atoms with E-state index in [1.807, 2.05) is 79.7 Å². The molecule has 0 aliphatic carbocycles. The average molecular weight is 544 g/mol. The molecule has 0 unspecified atom stereocenters. The van der Waals surface area contributed by atoms with Crippen LogP contribution in [0.2, 0.25) is 5.02 Å². The third-order valence-electron chi connectivity index (χ3n) is 4.56. The van der Waals surface area contributed by atoms with Crippen molar-refractivity contribution >= 4 is 62.1 Å². The van der Waals surface area contributed by atoms with Crippen molar-refractivity contribution in [1.82, 2.24) is 5.32 Å². The first-order chi connectivity index (χ1) is 16.0. The molecule has 0 radical (unpaired) electrons. The Morgan fingerprint density at radius 3 is 2.58 bits per heavy atom. The molecule has 1 fully saturated rings. The number of carbonyl (C=O) groups is 1. The second-order valence-corrected chi connectivity index (χ2v) is 9.32. The SMILES string of the molecule is CCOc1cc(/C=C2\SC(=Nc3ccccc3)NC2=O)cc(Br)c1OCc1ccc(Cl)cc1. The van der Waals surface area contributed by atoms with Gasteiger partial charge in [0.25, 0.3) is 5.91 Å². The van der Waals surface area contributed by atoms with Crippen molar-refractivity contribution in [2.75, 3.05) is 6.61 Å². The zero-order valence-electron chi connectivity index (χ0n) is 17.7. The molecule has 4 rings (SSSR count). The second-order valence-electron chi connectivity index (χ2n) is 7.00. The average Bonchev–Trinajstić information content (AvgIpc) is 3.13. The number of carbonyl (C=O) groups excluding carboxylic acids is 1. The summed E-state index contributed by atoms with van der Waals surface area (Å²) in [6.45, 7) is 2.76. The predicted octanol–water partition coefficient (Wildman–Crippen LogP) is 6.97. The van der Waals surface area contributed by atoms with Crippen LogP contribution in [0.25, 0.3) is 6.08 Å². The fourth-order valence-electron chi connectivity index (χ4n) is 3.06. The maximum Gasteiger partial charge on any atom is 0.264 e. The van der Waals surface area contributed by atoms with E-state index in [1.54, 1.807) is 0 Å². The summed E-state index contributed by atoms with van der Waals surface area (Å²) in [5.74, 6) is 1.00. The van der Waals surface area contributed by atoms with Crippen LogP contribution in [0.1, 0.15) is 18.1 Å². The minimum absolute atomic E-state index is 0.188. The van der Waals surface area contributed by atoms with Crippen molar-refractivity contribution in [2.24, 2.45) is 4.99 Å². The lowest BCUT2D eigenvalue weighted by atomic mass is 10.1. The van der Waals surface area contributed by atoms with E-state index in [2.05, 4.69) is 26.2 Å². The number of thioether (sulfide) groups is 1. The van der Waals surface area contributed by atoms with Gasteiger partial charge in [0.15, 0.2) is 16.7 Å². The topological polar surface area (TPSA) is 59.9 Å². The van der Waals surface area contributed by atoms with Crippen LogP contribution in [-0.2, 0) is 11.4 Å². The number of nitrogens with zero attached hydrogens (tertiary/aromatic N) is 1. The first kappa shape index (κ1) is 23.4. The van der Waals surface area contributed by atoms with Crippen LogP contribution < -0.4 is 14.8 Å². The number of amidine groups is 1. The molecule has 0 bridgehead atoms. The molecule has 168 valence electrons. The Balaban J connectivity index is 1.55. The van der Waals surface area contributed by atoms with E-state index in [9.17, 15) is 4.79 Å². The van der Waals surface area contributed by atoms with Gasteiger partial charge in [-0.2, -0.15) is 0 Å². The highest BCUT2D eigenvalue weighted by molar-refractivity contribution is 9.10. The molecule has 0 spiro atoms. The summed E-state index contributed by atoms with van der Waals surface area (Å²) < 4.78 is 12.6. The fraction of sp³-hybridized carbons (Fsp3) is 0.120. The largest absolute Gasteiger partial charge is 0.490 e. The number of para-hydroxylation sites is 1. The molecule has 33 heavy (non-hydrogen) atoms. The van der Waals surface area contributed by atoms with Gasteiger partial charge in [0.2, 0.25) is 0 Å². The van der Waals surface area contributed by atoms with Crippen molar-refractivity contribution in [2.45, 2.75) is 13.5 Å². The van der Waals surface area contributed by atoms with Crippen molar-refractivity contribution < 1.29 is 14.3 Å². The Morgan fingerprint density at radius 1 is 1.09 bits per heavy atom. The Hall–Kier alpha value is -2.74. The van der Waals surface area contributed by atoms with Crippen LogP contribution in [-0.4, -0.2) is 17.7 Å². The fourth-order valence-corrected chi connectivity index (χ4v) is 4.60. The van der Waals surface area contributed by atoms with Crippen molar-refractivity contribution in [1.29, 1.82) is 0 Å². The second kappa shape index (κ2) is 10.9. The summed E-state index contributed by atoms with van der Waals surface area (Å²) in [5, 5.41) is 4.03. The van der Waals surface area contributed by atoms with E-state index in [0.29, 0.717) is 39.8 Å². The van der Waals surface area contributed by atoms with E-state index in [-0.39, 0.29) is 5.91 Å². The molecule has 3 aromatic carbocycles. The first-order valence-electron chi connectivity index (χ1n) is 10.2. The van der Waals surface area contributed by atoms with Crippen LogP contribution in [0.15, 0.2) is 81.1 Å². The highest BCUT2D eigenvalue weighted by atomic mass is 79.9. The van der Waals surface area contributed by atoms with Gasteiger partial charge in [0.1, 0.15) is 6.61 Å². The molecule has 3 aromatic rings.